The third-order valence-corrected chi connectivity index (χ3v) is 2.81. The van der Waals surface area contributed by atoms with Gasteiger partial charge >= 0.3 is 6.09 Å². The van der Waals surface area contributed by atoms with Gasteiger partial charge in [0.15, 0.2) is 0 Å². The summed E-state index contributed by atoms with van der Waals surface area (Å²) in [6.07, 6.45) is 3.73. The number of amides is 1. The van der Waals surface area contributed by atoms with Crippen molar-refractivity contribution in [1.82, 2.24) is 4.90 Å². The van der Waals surface area contributed by atoms with E-state index in [9.17, 15) is 9.90 Å². The molecular weight excluding hydrogens is 234 g/mol. The summed E-state index contributed by atoms with van der Waals surface area (Å²) in [5.41, 5.74) is -1.41. The minimum atomic E-state index is -0.915. The highest BCUT2D eigenvalue weighted by atomic mass is 16.6. The highest BCUT2D eigenvalue weighted by molar-refractivity contribution is 5.68. The summed E-state index contributed by atoms with van der Waals surface area (Å²) in [6.45, 7) is 6.32. The van der Waals surface area contributed by atoms with Gasteiger partial charge in [-0.1, -0.05) is 12.2 Å². The first kappa shape index (κ1) is 15.0. The predicted octanol–water partition coefficient (Wildman–Crippen LogP) is 1.30. The number of carbonyl (C=O) groups excluding carboxylic acids is 1. The van der Waals surface area contributed by atoms with Gasteiger partial charge in [0.2, 0.25) is 0 Å². The van der Waals surface area contributed by atoms with Gasteiger partial charge in [-0.15, -0.1) is 0 Å². The van der Waals surface area contributed by atoms with Crippen LogP contribution in [0.3, 0.4) is 0 Å². The first-order chi connectivity index (χ1) is 8.26. The second-order valence-electron chi connectivity index (χ2n) is 5.66. The molecular formula is C13H23NO4. The minimum Gasteiger partial charge on any atom is -0.444 e. The van der Waals surface area contributed by atoms with Crippen molar-refractivity contribution in [3.05, 3.63) is 12.2 Å². The van der Waals surface area contributed by atoms with Crippen LogP contribution in [0.5, 0.6) is 0 Å². The van der Waals surface area contributed by atoms with E-state index in [-0.39, 0.29) is 12.7 Å². The summed E-state index contributed by atoms with van der Waals surface area (Å²) >= 11 is 0. The monoisotopic (exact) mass is 257 g/mol. The van der Waals surface area contributed by atoms with E-state index in [0.717, 1.165) is 0 Å². The van der Waals surface area contributed by atoms with Crippen LogP contribution >= 0.6 is 0 Å². The molecule has 1 heterocycles. The Morgan fingerprint density at radius 2 is 1.94 bits per heavy atom. The second-order valence-corrected chi connectivity index (χ2v) is 5.66. The molecule has 0 saturated carbocycles. The fraction of sp³-hybridized carbons (Fsp3) is 0.769. The maximum atomic E-state index is 11.8. The van der Waals surface area contributed by atoms with Gasteiger partial charge in [-0.3, -0.25) is 0 Å². The lowest BCUT2D eigenvalue weighted by atomic mass is 9.91. The van der Waals surface area contributed by atoms with Crippen molar-refractivity contribution in [2.45, 2.75) is 44.8 Å². The first-order valence-electron chi connectivity index (χ1n) is 6.25. The first-order valence-corrected chi connectivity index (χ1v) is 6.25. The number of piperidine rings is 1. The molecule has 5 heteroatoms. The number of hydrogen-bond donors (Lipinski definition) is 2. The summed E-state index contributed by atoms with van der Waals surface area (Å²) in [5, 5.41) is 18.9. The molecule has 18 heavy (non-hydrogen) atoms. The Hall–Kier alpha value is -1.07. The third kappa shape index (κ3) is 4.66. The van der Waals surface area contributed by atoms with Crippen LogP contribution in [0.15, 0.2) is 12.2 Å². The van der Waals surface area contributed by atoms with Gasteiger partial charge in [-0.25, -0.2) is 4.79 Å². The Labute approximate surface area is 108 Å². The van der Waals surface area contributed by atoms with Crippen molar-refractivity contribution >= 4 is 6.09 Å². The fourth-order valence-corrected chi connectivity index (χ4v) is 1.84. The summed E-state index contributed by atoms with van der Waals surface area (Å²) in [7, 11) is 0. The van der Waals surface area contributed by atoms with Gasteiger partial charge < -0.3 is 19.8 Å². The zero-order valence-electron chi connectivity index (χ0n) is 11.3. The van der Waals surface area contributed by atoms with Gasteiger partial charge in [0.25, 0.3) is 0 Å². The van der Waals surface area contributed by atoms with Crippen LogP contribution in [0, 0.1) is 0 Å². The lowest BCUT2D eigenvalue weighted by Gasteiger charge is -2.37. The molecule has 0 unspecified atom stereocenters. The number of aliphatic hydroxyl groups excluding tert-OH is 1. The molecule has 0 bridgehead atoms. The maximum Gasteiger partial charge on any atom is 0.410 e. The molecule has 0 atom stereocenters. The van der Waals surface area contributed by atoms with Gasteiger partial charge in [-0.2, -0.15) is 0 Å². The van der Waals surface area contributed by atoms with E-state index in [0.29, 0.717) is 25.9 Å². The Balaban J connectivity index is 2.49. The smallest absolute Gasteiger partial charge is 0.410 e. The molecule has 5 nitrogen and oxygen atoms in total. The van der Waals surface area contributed by atoms with E-state index < -0.39 is 11.2 Å². The van der Waals surface area contributed by atoms with Crippen molar-refractivity contribution in [2.24, 2.45) is 0 Å². The highest BCUT2D eigenvalue weighted by Gasteiger charge is 2.33. The SMILES string of the molecule is CC(C)(C)OC(=O)N1CCC(O)(C=CCO)CC1. The topological polar surface area (TPSA) is 70.0 Å². The molecule has 1 aliphatic rings. The van der Waals surface area contributed by atoms with Crippen LogP contribution < -0.4 is 0 Å². The zero-order chi connectivity index (χ0) is 13.8. The van der Waals surface area contributed by atoms with Crippen molar-refractivity contribution < 1.29 is 19.7 Å². The number of ether oxygens (including phenoxy) is 1. The number of nitrogens with zero attached hydrogens (tertiary/aromatic N) is 1. The molecule has 0 spiro atoms. The molecule has 1 rings (SSSR count). The van der Waals surface area contributed by atoms with Gasteiger partial charge in [0, 0.05) is 13.1 Å². The molecule has 1 fully saturated rings. The second kappa shape index (κ2) is 5.71. The van der Waals surface area contributed by atoms with E-state index in [1.165, 1.54) is 6.08 Å². The molecule has 0 aromatic carbocycles. The standard InChI is InChI=1S/C13H23NO4/c1-12(2,3)18-11(16)14-8-6-13(17,7-9-14)5-4-10-15/h4-5,15,17H,6-10H2,1-3H3. The van der Waals surface area contributed by atoms with Crippen LogP contribution in [0.4, 0.5) is 4.79 Å². The van der Waals surface area contributed by atoms with Crippen LogP contribution in [0.2, 0.25) is 0 Å². The van der Waals surface area contributed by atoms with Crippen molar-refractivity contribution in [3.8, 4) is 0 Å². The Bertz CT molecular complexity index is 311. The average Bonchev–Trinajstić information content (AvgIpc) is 2.25. The summed E-state index contributed by atoms with van der Waals surface area (Å²) < 4.78 is 5.27. The van der Waals surface area contributed by atoms with Crippen LogP contribution in [0.25, 0.3) is 0 Å². The van der Waals surface area contributed by atoms with Crippen molar-refractivity contribution in [3.63, 3.8) is 0 Å². The normalized spacial score (nSPS) is 20.2. The average molecular weight is 257 g/mol. The summed E-state index contributed by atoms with van der Waals surface area (Å²) in [6, 6.07) is 0. The molecule has 104 valence electrons. The highest BCUT2D eigenvalue weighted by Crippen LogP contribution is 2.24. The lowest BCUT2D eigenvalue weighted by Crippen LogP contribution is -2.47. The van der Waals surface area contributed by atoms with E-state index in [1.807, 2.05) is 20.8 Å². The molecule has 0 aromatic rings. The third-order valence-electron chi connectivity index (χ3n) is 2.81. The van der Waals surface area contributed by atoms with Crippen LogP contribution in [-0.2, 0) is 4.74 Å². The van der Waals surface area contributed by atoms with E-state index in [2.05, 4.69) is 0 Å². The molecule has 1 saturated heterocycles. The molecule has 0 aromatic heterocycles. The Kier molecular flexibility index (Phi) is 4.76. The molecule has 1 aliphatic heterocycles. The van der Waals surface area contributed by atoms with Crippen molar-refractivity contribution in [2.75, 3.05) is 19.7 Å². The van der Waals surface area contributed by atoms with E-state index >= 15 is 0 Å². The maximum absolute atomic E-state index is 11.8. The fourth-order valence-electron chi connectivity index (χ4n) is 1.84. The number of aliphatic hydroxyl groups is 2. The van der Waals surface area contributed by atoms with Crippen molar-refractivity contribution in [1.29, 1.82) is 0 Å². The number of hydrogen-bond acceptors (Lipinski definition) is 4. The Morgan fingerprint density at radius 1 is 1.39 bits per heavy atom. The van der Waals surface area contributed by atoms with Crippen LogP contribution in [0.1, 0.15) is 33.6 Å². The minimum absolute atomic E-state index is 0.0852. The number of likely N-dealkylation sites (tertiary alicyclic amines) is 1. The largest absolute Gasteiger partial charge is 0.444 e. The Morgan fingerprint density at radius 3 is 2.39 bits per heavy atom. The van der Waals surface area contributed by atoms with E-state index in [4.69, 9.17) is 9.84 Å². The predicted molar refractivity (Wildman–Crippen MR) is 68.2 cm³/mol. The molecule has 0 aliphatic carbocycles. The van der Waals surface area contributed by atoms with Gasteiger partial charge in [-0.05, 0) is 33.6 Å². The summed E-state index contributed by atoms with van der Waals surface area (Å²) in [5.74, 6) is 0. The molecule has 0 radical (unpaired) electrons. The number of rotatable bonds is 2. The number of carbonyl (C=O) groups is 1. The lowest BCUT2D eigenvalue weighted by molar-refractivity contribution is -0.00875. The van der Waals surface area contributed by atoms with Crippen LogP contribution in [-0.4, -0.2) is 52.1 Å². The zero-order valence-corrected chi connectivity index (χ0v) is 11.3. The van der Waals surface area contributed by atoms with E-state index in [1.54, 1.807) is 11.0 Å². The molecule has 2 N–H and O–H groups in total. The van der Waals surface area contributed by atoms with Gasteiger partial charge in [0.1, 0.15) is 5.60 Å². The van der Waals surface area contributed by atoms with Gasteiger partial charge in [0.05, 0.1) is 12.2 Å². The quantitative estimate of drug-likeness (QED) is 0.731. The molecule has 1 amide bonds. The summed E-state index contributed by atoms with van der Waals surface area (Å²) in [4.78, 5) is 13.4.